The summed E-state index contributed by atoms with van der Waals surface area (Å²) in [6.45, 7) is 2.06. The molecule has 0 unspecified atom stereocenters. The maximum atomic E-state index is 4.48. The number of nitrogens with zero attached hydrogens (tertiary/aromatic N) is 1. The van der Waals surface area contributed by atoms with E-state index in [-0.39, 0.29) is 0 Å². The molecule has 0 radical (unpaired) electrons. The number of benzene rings is 1. The van der Waals surface area contributed by atoms with Crippen LogP contribution in [0.3, 0.4) is 0 Å². The molecule has 0 saturated heterocycles. The third-order valence-corrected chi connectivity index (χ3v) is 3.21. The molecule has 2 heteroatoms. The average Bonchev–Trinajstić information content (AvgIpc) is 2.38. The second kappa shape index (κ2) is 5.69. The second-order valence-corrected chi connectivity index (χ2v) is 4.53. The van der Waals surface area contributed by atoms with Gasteiger partial charge in [-0.25, -0.2) is 0 Å². The zero-order valence-electron chi connectivity index (χ0n) is 9.95. The Hall–Kier alpha value is -1.31. The molecule has 1 N–H and O–H groups in total. The zero-order valence-corrected chi connectivity index (χ0v) is 9.95. The summed E-state index contributed by atoms with van der Waals surface area (Å²) in [6, 6.07) is 10.9. The van der Waals surface area contributed by atoms with Gasteiger partial charge in [-0.2, -0.15) is 5.10 Å². The van der Waals surface area contributed by atoms with Crippen molar-refractivity contribution < 1.29 is 0 Å². The van der Waals surface area contributed by atoms with Crippen molar-refractivity contribution in [3.63, 3.8) is 0 Å². The third kappa shape index (κ3) is 3.09. The topological polar surface area (TPSA) is 24.4 Å². The summed E-state index contributed by atoms with van der Waals surface area (Å²) in [5, 5.41) is 4.48. The van der Waals surface area contributed by atoms with Gasteiger partial charge < -0.3 is 5.43 Å². The fourth-order valence-corrected chi connectivity index (χ4v) is 2.16. The zero-order chi connectivity index (χ0) is 11.2. The minimum atomic E-state index is 0.590. The van der Waals surface area contributed by atoms with Crippen molar-refractivity contribution in [3.05, 3.63) is 35.9 Å². The smallest absolute Gasteiger partial charge is 0.0644 e. The minimum absolute atomic E-state index is 0.590. The Balaban J connectivity index is 1.91. The number of nitrogens with one attached hydrogen (secondary N) is 1. The van der Waals surface area contributed by atoms with Gasteiger partial charge in [-0.05, 0) is 25.3 Å². The van der Waals surface area contributed by atoms with Crippen molar-refractivity contribution in [1.29, 1.82) is 0 Å². The van der Waals surface area contributed by atoms with E-state index in [9.17, 15) is 0 Å². The quantitative estimate of drug-likeness (QED) is 0.608. The van der Waals surface area contributed by atoms with Crippen LogP contribution in [-0.2, 0) is 0 Å². The van der Waals surface area contributed by atoms with E-state index in [4.69, 9.17) is 0 Å². The SMILES string of the molecule is C/C(=N\NC1CCCCC1)c1ccccc1. The summed E-state index contributed by atoms with van der Waals surface area (Å²) in [4.78, 5) is 0. The normalized spacial score (nSPS) is 18.4. The lowest BCUT2D eigenvalue weighted by atomic mass is 9.96. The molecule has 0 bridgehead atoms. The lowest BCUT2D eigenvalue weighted by Gasteiger charge is -2.21. The molecule has 0 amide bonds. The molecule has 0 atom stereocenters. The maximum absolute atomic E-state index is 4.48. The lowest BCUT2D eigenvalue weighted by Crippen LogP contribution is -2.27. The van der Waals surface area contributed by atoms with Crippen molar-refractivity contribution >= 4 is 5.71 Å². The van der Waals surface area contributed by atoms with Crippen LogP contribution in [0.1, 0.15) is 44.6 Å². The van der Waals surface area contributed by atoms with Gasteiger partial charge in [-0.1, -0.05) is 49.6 Å². The van der Waals surface area contributed by atoms with E-state index in [1.54, 1.807) is 0 Å². The van der Waals surface area contributed by atoms with Crippen LogP contribution in [0.15, 0.2) is 35.4 Å². The first-order chi connectivity index (χ1) is 7.86. The summed E-state index contributed by atoms with van der Waals surface area (Å²) in [7, 11) is 0. The Kier molecular flexibility index (Phi) is 3.97. The minimum Gasteiger partial charge on any atom is -0.307 e. The van der Waals surface area contributed by atoms with Gasteiger partial charge in [0.05, 0.1) is 5.71 Å². The molecule has 1 fully saturated rings. The predicted molar refractivity (Wildman–Crippen MR) is 68.7 cm³/mol. The van der Waals surface area contributed by atoms with Gasteiger partial charge in [-0.15, -0.1) is 0 Å². The van der Waals surface area contributed by atoms with Crippen molar-refractivity contribution in [2.75, 3.05) is 0 Å². The summed E-state index contributed by atoms with van der Waals surface area (Å²) < 4.78 is 0. The average molecular weight is 216 g/mol. The number of hydrogen-bond donors (Lipinski definition) is 1. The maximum Gasteiger partial charge on any atom is 0.0644 e. The number of hydrazone groups is 1. The van der Waals surface area contributed by atoms with E-state index in [0.717, 1.165) is 5.71 Å². The first-order valence-electron chi connectivity index (χ1n) is 6.21. The highest BCUT2D eigenvalue weighted by Gasteiger charge is 2.11. The lowest BCUT2D eigenvalue weighted by molar-refractivity contribution is 0.380. The Morgan fingerprint density at radius 1 is 1.12 bits per heavy atom. The molecule has 1 aromatic carbocycles. The molecule has 86 valence electrons. The summed E-state index contributed by atoms with van der Waals surface area (Å²) in [5.41, 5.74) is 5.58. The van der Waals surface area contributed by atoms with Crippen LogP contribution in [0, 0.1) is 0 Å². The Labute approximate surface area is 97.8 Å². The molecule has 0 heterocycles. The van der Waals surface area contributed by atoms with Crippen LogP contribution < -0.4 is 5.43 Å². The first kappa shape index (κ1) is 11.2. The molecule has 2 rings (SSSR count). The molecule has 1 aromatic rings. The molecule has 0 aromatic heterocycles. The number of hydrogen-bond acceptors (Lipinski definition) is 2. The fourth-order valence-electron chi connectivity index (χ4n) is 2.16. The number of rotatable bonds is 3. The standard InChI is InChI=1S/C14H20N2/c1-12(13-8-4-2-5-9-13)15-16-14-10-6-3-7-11-14/h2,4-5,8-9,14,16H,3,6-7,10-11H2,1H3/b15-12+. The van der Waals surface area contributed by atoms with Crippen LogP contribution in [0.5, 0.6) is 0 Å². The molecular weight excluding hydrogens is 196 g/mol. The van der Waals surface area contributed by atoms with E-state index < -0.39 is 0 Å². The third-order valence-electron chi connectivity index (χ3n) is 3.21. The first-order valence-corrected chi connectivity index (χ1v) is 6.21. The molecule has 0 spiro atoms. The van der Waals surface area contributed by atoms with Gasteiger partial charge >= 0.3 is 0 Å². The Morgan fingerprint density at radius 2 is 1.81 bits per heavy atom. The van der Waals surface area contributed by atoms with Crippen molar-refractivity contribution in [2.45, 2.75) is 45.1 Å². The van der Waals surface area contributed by atoms with E-state index in [1.165, 1.54) is 37.7 Å². The van der Waals surface area contributed by atoms with E-state index >= 15 is 0 Å². The van der Waals surface area contributed by atoms with E-state index in [2.05, 4.69) is 41.7 Å². The summed E-state index contributed by atoms with van der Waals surface area (Å²) in [6.07, 6.45) is 6.62. The van der Waals surface area contributed by atoms with Gasteiger partial charge in [0.15, 0.2) is 0 Å². The van der Waals surface area contributed by atoms with Gasteiger partial charge in [0.1, 0.15) is 0 Å². The summed E-state index contributed by atoms with van der Waals surface area (Å²) in [5.74, 6) is 0. The fraction of sp³-hybridized carbons (Fsp3) is 0.500. The van der Waals surface area contributed by atoms with Gasteiger partial charge in [0, 0.05) is 6.04 Å². The highest BCUT2D eigenvalue weighted by molar-refractivity contribution is 5.98. The highest BCUT2D eigenvalue weighted by Crippen LogP contribution is 2.17. The largest absolute Gasteiger partial charge is 0.307 e. The molecule has 16 heavy (non-hydrogen) atoms. The molecule has 2 nitrogen and oxygen atoms in total. The van der Waals surface area contributed by atoms with Crippen LogP contribution in [0.4, 0.5) is 0 Å². The molecule has 1 aliphatic carbocycles. The molecule has 1 saturated carbocycles. The highest BCUT2D eigenvalue weighted by atomic mass is 15.3. The Bertz CT molecular complexity index is 337. The predicted octanol–water partition coefficient (Wildman–Crippen LogP) is 3.33. The van der Waals surface area contributed by atoms with Gasteiger partial charge in [0.25, 0.3) is 0 Å². The van der Waals surface area contributed by atoms with Gasteiger partial charge in [0.2, 0.25) is 0 Å². The van der Waals surface area contributed by atoms with Crippen LogP contribution in [0.2, 0.25) is 0 Å². The van der Waals surface area contributed by atoms with Crippen molar-refractivity contribution in [1.82, 2.24) is 5.43 Å². The molecular formula is C14H20N2. The summed E-state index contributed by atoms with van der Waals surface area (Å²) >= 11 is 0. The van der Waals surface area contributed by atoms with Gasteiger partial charge in [-0.3, -0.25) is 0 Å². The van der Waals surface area contributed by atoms with Crippen molar-refractivity contribution in [2.24, 2.45) is 5.10 Å². The second-order valence-electron chi connectivity index (χ2n) is 4.53. The van der Waals surface area contributed by atoms with E-state index in [1.807, 2.05) is 6.07 Å². The monoisotopic (exact) mass is 216 g/mol. The molecule has 0 aliphatic heterocycles. The van der Waals surface area contributed by atoms with Crippen LogP contribution in [-0.4, -0.2) is 11.8 Å². The van der Waals surface area contributed by atoms with Crippen LogP contribution >= 0.6 is 0 Å². The van der Waals surface area contributed by atoms with E-state index in [0.29, 0.717) is 6.04 Å². The Morgan fingerprint density at radius 3 is 2.50 bits per heavy atom. The molecule has 1 aliphatic rings. The van der Waals surface area contributed by atoms with Crippen molar-refractivity contribution in [3.8, 4) is 0 Å². The van der Waals surface area contributed by atoms with Crippen LogP contribution in [0.25, 0.3) is 0 Å².